The molecule has 0 atom stereocenters. The van der Waals surface area contributed by atoms with Crippen LogP contribution >= 0.6 is 0 Å². The molecule has 0 radical (unpaired) electrons. The van der Waals surface area contributed by atoms with Crippen molar-refractivity contribution in [1.82, 2.24) is 47.8 Å². The van der Waals surface area contributed by atoms with Crippen LogP contribution in [0, 0.1) is 0 Å². The maximum atomic E-state index is 4.96. The third kappa shape index (κ3) is 4.92. The molecular weight excluding hydrogens is 717 g/mol. The van der Waals surface area contributed by atoms with Crippen LogP contribution < -0.4 is 0 Å². The van der Waals surface area contributed by atoms with Crippen molar-refractivity contribution in [3.8, 4) is 23.0 Å². The number of hydrogen-bond donors (Lipinski definition) is 0. The number of para-hydroxylation sites is 8. The smallest absolute Gasteiger partial charge is 0.237 e. The van der Waals surface area contributed by atoms with Crippen LogP contribution in [0.5, 0.6) is 0 Å². The second-order valence-electron chi connectivity index (χ2n) is 14.2. The highest BCUT2D eigenvalue weighted by atomic mass is 15.3. The second-order valence-corrected chi connectivity index (χ2v) is 14.2. The minimum atomic E-state index is 0.617. The third-order valence-corrected chi connectivity index (χ3v) is 10.8. The summed E-state index contributed by atoms with van der Waals surface area (Å²) in [4.78, 5) is 28.8. The zero-order valence-corrected chi connectivity index (χ0v) is 30.8. The number of nitrogens with zero attached hydrogens (tertiary/aromatic N) is 10. The average Bonchev–Trinajstić information content (AvgIpc) is 4.03. The highest BCUT2D eigenvalue weighted by Gasteiger charge is 2.20. The quantitative estimate of drug-likeness (QED) is 0.179. The van der Waals surface area contributed by atoms with E-state index in [1.807, 2.05) is 120 Å². The molecule has 7 aromatic carbocycles. The summed E-state index contributed by atoms with van der Waals surface area (Å²) in [5, 5.41) is 2.04. The lowest BCUT2D eigenvalue weighted by Gasteiger charge is -2.06. The molecule has 0 spiro atoms. The Labute approximate surface area is 329 Å². The molecule has 0 amide bonds. The Hall–Kier alpha value is -8.24. The van der Waals surface area contributed by atoms with Crippen LogP contribution in [0.25, 0.3) is 101 Å². The van der Waals surface area contributed by atoms with Crippen LogP contribution in [-0.4, -0.2) is 47.8 Å². The number of benzene rings is 7. The summed E-state index contributed by atoms with van der Waals surface area (Å²) in [7, 11) is 0. The van der Waals surface area contributed by atoms with Gasteiger partial charge in [-0.3, -0.25) is 8.80 Å². The Kier molecular flexibility index (Phi) is 6.99. The molecular formula is C48H30N10. The van der Waals surface area contributed by atoms with E-state index in [1.165, 1.54) is 5.56 Å². The molecule has 10 nitrogen and oxygen atoms in total. The number of aromatic nitrogens is 10. The second kappa shape index (κ2) is 12.7. The van der Waals surface area contributed by atoms with Gasteiger partial charge in [-0.1, -0.05) is 109 Å². The summed E-state index contributed by atoms with van der Waals surface area (Å²) in [5.74, 6) is 2.88. The van der Waals surface area contributed by atoms with E-state index in [-0.39, 0.29) is 0 Å². The molecule has 6 heterocycles. The topological polar surface area (TPSA) is 96.0 Å². The zero-order valence-electron chi connectivity index (χ0n) is 30.8. The highest BCUT2D eigenvalue weighted by Crippen LogP contribution is 2.32. The van der Waals surface area contributed by atoms with Gasteiger partial charge in [0.05, 0.1) is 55.2 Å². The van der Waals surface area contributed by atoms with Crippen LogP contribution in [0.1, 0.15) is 0 Å². The van der Waals surface area contributed by atoms with Crippen molar-refractivity contribution in [2.24, 2.45) is 0 Å². The van der Waals surface area contributed by atoms with E-state index >= 15 is 0 Å². The molecule has 6 aromatic heterocycles. The summed E-state index contributed by atoms with van der Waals surface area (Å²) in [5.41, 5.74) is 12.5. The lowest BCUT2D eigenvalue weighted by atomic mass is 10.1. The van der Waals surface area contributed by atoms with Gasteiger partial charge in [-0.25, -0.2) is 39.0 Å². The van der Waals surface area contributed by atoms with E-state index in [9.17, 15) is 0 Å². The molecule has 0 unspecified atom stereocenters. The molecule has 0 bridgehead atoms. The van der Waals surface area contributed by atoms with Crippen molar-refractivity contribution in [3.63, 3.8) is 0 Å². The fourth-order valence-corrected chi connectivity index (χ4v) is 8.10. The molecule has 10 heteroatoms. The fraction of sp³-hybridized carbons (Fsp3) is 0. The van der Waals surface area contributed by atoms with Crippen LogP contribution in [0.2, 0.25) is 0 Å². The van der Waals surface area contributed by atoms with Crippen molar-refractivity contribution in [1.29, 1.82) is 0 Å². The lowest BCUT2D eigenvalue weighted by molar-refractivity contribution is 0.983. The van der Waals surface area contributed by atoms with Gasteiger partial charge in [0.15, 0.2) is 0 Å². The average molecular weight is 747 g/mol. The van der Waals surface area contributed by atoms with E-state index in [4.69, 9.17) is 24.9 Å². The molecule has 0 aliphatic rings. The fourth-order valence-electron chi connectivity index (χ4n) is 8.10. The van der Waals surface area contributed by atoms with E-state index in [1.54, 1.807) is 0 Å². The SMILES string of the molecule is c1ccc(-c2ccc3c(c2)n2c4ccccc4nc2n3-c2ncc3ccccc3n2)cc1.c1ccc2nc(-n3c4ccccc4n4c5ccccc5nc34)ncc2c1. The van der Waals surface area contributed by atoms with Crippen LogP contribution in [0.4, 0.5) is 0 Å². The first-order valence-electron chi connectivity index (χ1n) is 19.0. The van der Waals surface area contributed by atoms with Gasteiger partial charge in [0.1, 0.15) is 0 Å². The molecule has 272 valence electrons. The van der Waals surface area contributed by atoms with Gasteiger partial charge < -0.3 is 0 Å². The van der Waals surface area contributed by atoms with E-state index in [0.717, 1.165) is 83.1 Å². The van der Waals surface area contributed by atoms with Crippen LogP contribution in [-0.2, 0) is 0 Å². The Morgan fingerprint density at radius 3 is 1.34 bits per heavy atom. The van der Waals surface area contributed by atoms with E-state index in [0.29, 0.717) is 11.9 Å². The minimum Gasteiger partial charge on any atom is -0.276 e. The monoisotopic (exact) mass is 746 g/mol. The van der Waals surface area contributed by atoms with E-state index < -0.39 is 0 Å². The zero-order chi connectivity index (χ0) is 38.2. The van der Waals surface area contributed by atoms with Gasteiger partial charge in [0.2, 0.25) is 23.5 Å². The number of rotatable bonds is 3. The predicted molar refractivity (Wildman–Crippen MR) is 231 cm³/mol. The molecule has 0 N–H and O–H groups in total. The molecule has 0 aliphatic heterocycles. The first-order valence-corrected chi connectivity index (χ1v) is 19.0. The van der Waals surface area contributed by atoms with Gasteiger partial charge in [-0.15, -0.1) is 0 Å². The Morgan fingerprint density at radius 2 is 0.759 bits per heavy atom. The van der Waals surface area contributed by atoms with Gasteiger partial charge in [0.25, 0.3) is 0 Å². The third-order valence-electron chi connectivity index (χ3n) is 10.8. The van der Waals surface area contributed by atoms with Crippen molar-refractivity contribution in [2.45, 2.75) is 0 Å². The molecule has 0 saturated heterocycles. The Morgan fingerprint density at radius 1 is 0.310 bits per heavy atom. The lowest BCUT2D eigenvalue weighted by Crippen LogP contribution is -2.01. The summed E-state index contributed by atoms with van der Waals surface area (Å²) in [6, 6.07) is 57.6. The van der Waals surface area contributed by atoms with Gasteiger partial charge in [0, 0.05) is 23.2 Å². The molecule has 0 saturated carbocycles. The maximum Gasteiger partial charge on any atom is 0.237 e. The summed E-state index contributed by atoms with van der Waals surface area (Å²) in [6.45, 7) is 0. The minimum absolute atomic E-state index is 0.617. The largest absolute Gasteiger partial charge is 0.276 e. The standard InChI is InChI=1S/C27H17N5.C21H13N5/c1-2-8-18(9-3-1)19-14-15-24-25(16-19)31-23-13-7-6-12-22(23)30-27(31)32(24)26-28-17-20-10-4-5-11-21(20)29-26;1-2-8-15-14(7-1)13-22-20(23-15)26-19-12-6-5-11-18(19)25-17-10-4-3-9-16(17)24-21(25)26/h1-17H;1-13H. The predicted octanol–water partition coefficient (Wildman–Crippen LogP) is 10.4. The summed E-state index contributed by atoms with van der Waals surface area (Å²) < 4.78 is 8.46. The number of imidazole rings is 4. The van der Waals surface area contributed by atoms with Crippen LogP contribution in [0.3, 0.4) is 0 Å². The molecule has 58 heavy (non-hydrogen) atoms. The Balaban J connectivity index is 0.000000129. The van der Waals surface area contributed by atoms with Crippen LogP contribution in [0.15, 0.2) is 182 Å². The maximum absolute atomic E-state index is 4.96. The molecule has 13 rings (SSSR count). The van der Waals surface area contributed by atoms with Crippen molar-refractivity contribution >= 4 is 77.5 Å². The van der Waals surface area contributed by atoms with E-state index in [2.05, 4.69) is 85.1 Å². The molecule has 13 aromatic rings. The van der Waals surface area contributed by atoms with Crippen molar-refractivity contribution in [2.75, 3.05) is 0 Å². The summed E-state index contributed by atoms with van der Waals surface area (Å²) >= 11 is 0. The first-order chi connectivity index (χ1) is 28.8. The van der Waals surface area contributed by atoms with Gasteiger partial charge in [-0.05, 0) is 71.8 Å². The number of hydrogen-bond acceptors (Lipinski definition) is 6. The Bertz CT molecular complexity index is 3710. The molecule has 0 aliphatic carbocycles. The first kappa shape index (κ1) is 32.0. The van der Waals surface area contributed by atoms with Crippen molar-refractivity contribution in [3.05, 3.63) is 182 Å². The van der Waals surface area contributed by atoms with Gasteiger partial charge in [-0.2, -0.15) is 0 Å². The normalized spacial score (nSPS) is 11.8. The van der Waals surface area contributed by atoms with Gasteiger partial charge >= 0.3 is 0 Å². The summed E-state index contributed by atoms with van der Waals surface area (Å²) in [6.07, 6.45) is 3.74. The highest BCUT2D eigenvalue weighted by molar-refractivity contribution is 5.95. The number of fused-ring (bicyclic) bond motifs is 12. The molecule has 0 fully saturated rings. The van der Waals surface area contributed by atoms with Crippen molar-refractivity contribution < 1.29 is 0 Å².